The largest absolute Gasteiger partial charge is 0.353 e. The minimum Gasteiger partial charge on any atom is -0.353 e. The molecule has 4 atom stereocenters. The zero-order valence-electron chi connectivity index (χ0n) is 22.7. The highest BCUT2D eigenvalue weighted by Gasteiger charge is 2.66. The molecule has 2 saturated heterocycles. The third-order valence-corrected chi connectivity index (χ3v) is 13.6. The number of hydrogen-bond donors (Lipinski definition) is 2. The van der Waals surface area contributed by atoms with Crippen molar-refractivity contribution in [3.05, 3.63) is 35.4 Å². The van der Waals surface area contributed by atoms with Crippen LogP contribution in [0.1, 0.15) is 82.8 Å². The lowest BCUT2D eigenvalue weighted by Crippen LogP contribution is -2.55. The smallest absolute Gasteiger partial charge is 0.220 e. The van der Waals surface area contributed by atoms with Gasteiger partial charge in [-0.1, -0.05) is 38.1 Å². The molecule has 5 aliphatic rings. The van der Waals surface area contributed by atoms with Crippen molar-refractivity contribution in [2.45, 2.75) is 89.5 Å². The molecule has 0 radical (unpaired) electrons. The Bertz CT molecular complexity index is 1130. The van der Waals surface area contributed by atoms with Gasteiger partial charge in [-0.25, -0.2) is 12.7 Å². The van der Waals surface area contributed by atoms with Crippen LogP contribution in [-0.2, 0) is 26.7 Å². The summed E-state index contributed by atoms with van der Waals surface area (Å²) in [6.07, 6.45) is 9.73. The van der Waals surface area contributed by atoms with Crippen molar-refractivity contribution in [2.24, 2.45) is 22.7 Å². The van der Waals surface area contributed by atoms with Crippen LogP contribution in [0.3, 0.4) is 0 Å². The predicted octanol–water partition coefficient (Wildman–Crippen LogP) is 4.00. The first-order chi connectivity index (χ1) is 17.7. The molecule has 1 amide bonds. The molecule has 1 unspecified atom stereocenters. The first-order valence-electron chi connectivity index (χ1n) is 14.7. The van der Waals surface area contributed by atoms with Crippen LogP contribution in [-0.4, -0.2) is 56.6 Å². The van der Waals surface area contributed by atoms with Gasteiger partial charge in [-0.15, -0.1) is 0 Å². The van der Waals surface area contributed by atoms with Crippen LogP contribution in [0.4, 0.5) is 0 Å². The Labute approximate surface area is 223 Å². The van der Waals surface area contributed by atoms with Gasteiger partial charge in [-0.05, 0) is 105 Å². The van der Waals surface area contributed by atoms with Crippen LogP contribution in [0.2, 0.25) is 0 Å². The van der Waals surface area contributed by atoms with Crippen molar-refractivity contribution in [3.8, 4) is 0 Å². The fourth-order valence-electron chi connectivity index (χ4n) is 9.13. The number of aryl methyl sites for hydroxylation is 1. The predicted molar refractivity (Wildman–Crippen MR) is 147 cm³/mol. The normalized spacial score (nSPS) is 34.5. The summed E-state index contributed by atoms with van der Waals surface area (Å²) in [6, 6.07) is 8.71. The summed E-state index contributed by atoms with van der Waals surface area (Å²) in [5.74, 6) is 1.15. The molecule has 2 saturated carbocycles. The average Bonchev–Trinajstić information content (AvgIpc) is 3.41. The molecule has 1 aromatic carbocycles. The molecular formula is C30H45N3O3S. The number of benzene rings is 1. The quantitative estimate of drug-likeness (QED) is 0.586. The highest BCUT2D eigenvalue weighted by molar-refractivity contribution is 7.89. The maximum absolute atomic E-state index is 14.0. The summed E-state index contributed by atoms with van der Waals surface area (Å²) < 4.78 is 29.8. The molecule has 6 rings (SSSR count). The number of carbonyl (C=O) groups is 1. The molecule has 2 heterocycles. The number of rotatable bonds is 6. The van der Waals surface area contributed by atoms with Crippen LogP contribution >= 0.6 is 0 Å². The Balaban J connectivity index is 1.16. The number of hydrogen-bond acceptors (Lipinski definition) is 4. The van der Waals surface area contributed by atoms with Crippen molar-refractivity contribution < 1.29 is 13.2 Å². The summed E-state index contributed by atoms with van der Waals surface area (Å²) in [6.45, 7) is 7.70. The number of nitrogens with one attached hydrogen (secondary N) is 2. The monoisotopic (exact) mass is 527 g/mol. The summed E-state index contributed by atoms with van der Waals surface area (Å²) in [5, 5.41) is 6.79. The molecule has 2 bridgehead atoms. The molecule has 1 aromatic rings. The minimum absolute atomic E-state index is 0.0436. The van der Waals surface area contributed by atoms with E-state index in [2.05, 4.69) is 48.7 Å². The van der Waals surface area contributed by atoms with Crippen molar-refractivity contribution in [2.75, 3.05) is 31.9 Å². The summed E-state index contributed by atoms with van der Waals surface area (Å²) in [4.78, 5) is 13.1. The van der Waals surface area contributed by atoms with Gasteiger partial charge in [0.25, 0.3) is 0 Å². The standard InChI is InChI=1S/C30H45N3O3S/c1-28(2)24-10-12-30(28,26(19-24)32-27(34)18-22-6-5-15-31-20-22)21-37(35,36)33-16-13-29(14-17-33)11-9-23-7-3-4-8-25(23)29/h3-4,7-8,22,24,26,31H,5-6,9-21H2,1-2H3,(H,32,34)/t22?,24-,26+,30-/m1/s1. The van der Waals surface area contributed by atoms with Crippen molar-refractivity contribution in [1.29, 1.82) is 0 Å². The maximum Gasteiger partial charge on any atom is 0.220 e. The summed E-state index contributed by atoms with van der Waals surface area (Å²) in [7, 11) is -3.43. The Morgan fingerprint density at radius 3 is 2.62 bits per heavy atom. The maximum atomic E-state index is 14.0. The lowest BCUT2D eigenvalue weighted by atomic mass is 9.69. The van der Waals surface area contributed by atoms with E-state index in [0.29, 0.717) is 31.3 Å². The van der Waals surface area contributed by atoms with Crippen LogP contribution < -0.4 is 10.6 Å². The highest BCUT2D eigenvalue weighted by atomic mass is 32.2. The second-order valence-corrected chi connectivity index (χ2v) is 15.4. The molecule has 2 aliphatic heterocycles. The zero-order chi connectivity index (χ0) is 25.9. The summed E-state index contributed by atoms with van der Waals surface area (Å²) in [5.41, 5.74) is 2.58. The van der Waals surface area contributed by atoms with Crippen molar-refractivity contribution in [1.82, 2.24) is 14.9 Å². The number of carbonyl (C=O) groups excluding carboxylic acids is 1. The summed E-state index contributed by atoms with van der Waals surface area (Å²) >= 11 is 0. The molecular weight excluding hydrogens is 482 g/mol. The number of amides is 1. The Morgan fingerprint density at radius 1 is 1.11 bits per heavy atom. The van der Waals surface area contributed by atoms with E-state index in [1.807, 2.05) is 0 Å². The first-order valence-corrected chi connectivity index (χ1v) is 16.3. The van der Waals surface area contributed by atoms with Crippen molar-refractivity contribution >= 4 is 15.9 Å². The van der Waals surface area contributed by atoms with Gasteiger partial charge in [0, 0.05) is 31.0 Å². The minimum atomic E-state index is -3.43. The van der Waals surface area contributed by atoms with E-state index in [4.69, 9.17) is 0 Å². The van der Waals surface area contributed by atoms with Crippen LogP contribution in [0.5, 0.6) is 0 Å². The Morgan fingerprint density at radius 2 is 1.89 bits per heavy atom. The Hall–Kier alpha value is -1.44. The molecule has 4 fully saturated rings. The van der Waals surface area contributed by atoms with E-state index in [9.17, 15) is 13.2 Å². The van der Waals surface area contributed by atoms with Gasteiger partial charge in [0.1, 0.15) is 0 Å². The molecule has 7 heteroatoms. The molecule has 1 spiro atoms. The lowest BCUT2D eigenvalue weighted by Gasteiger charge is -2.45. The number of sulfonamides is 1. The zero-order valence-corrected chi connectivity index (χ0v) is 23.5. The van der Waals surface area contributed by atoms with Gasteiger partial charge in [-0.2, -0.15) is 0 Å². The van der Waals surface area contributed by atoms with Gasteiger partial charge in [-0.3, -0.25) is 4.79 Å². The molecule has 3 aliphatic carbocycles. The number of nitrogens with zero attached hydrogens (tertiary/aromatic N) is 1. The Kier molecular flexibility index (Phi) is 6.52. The molecule has 37 heavy (non-hydrogen) atoms. The second kappa shape index (κ2) is 9.34. The molecule has 204 valence electrons. The van der Waals surface area contributed by atoms with Crippen molar-refractivity contribution in [3.63, 3.8) is 0 Å². The van der Waals surface area contributed by atoms with Gasteiger partial charge in [0.2, 0.25) is 15.9 Å². The average molecular weight is 528 g/mol. The van der Waals surface area contributed by atoms with Crippen LogP contribution in [0.25, 0.3) is 0 Å². The van der Waals surface area contributed by atoms with E-state index in [1.54, 1.807) is 4.31 Å². The van der Waals surface area contributed by atoms with E-state index in [0.717, 1.165) is 70.9 Å². The topological polar surface area (TPSA) is 78.5 Å². The van der Waals surface area contributed by atoms with Gasteiger partial charge in [0.15, 0.2) is 0 Å². The lowest BCUT2D eigenvalue weighted by molar-refractivity contribution is -0.123. The van der Waals surface area contributed by atoms with Gasteiger partial charge in [0.05, 0.1) is 5.75 Å². The van der Waals surface area contributed by atoms with E-state index < -0.39 is 10.0 Å². The molecule has 0 aromatic heterocycles. The third-order valence-electron chi connectivity index (χ3n) is 11.6. The number of fused-ring (bicyclic) bond motifs is 4. The molecule has 2 N–H and O–H groups in total. The fraction of sp³-hybridized carbons (Fsp3) is 0.767. The van der Waals surface area contributed by atoms with E-state index >= 15 is 0 Å². The number of piperidine rings is 2. The first kappa shape index (κ1) is 25.8. The highest BCUT2D eigenvalue weighted by Crippen LogP contribution is 2.66. The third kappa shape index (κ3) is 4.28. The van der Waals surface area contributed by atoms with E-state index in [1.165, 1.54) is 11.1 Å². The van der Waals surface area contributed by atoms with Gasteiger partial charge < -0.3 is 10.6 Å². The molecule has 6 nitrogen and oxygen atoms in total. The van der Waals surface area contributed by atoms with E-state index in [-0.39, 0.29) is 33.9 Å². The fourth-order valence-corrected chi connectivity index (χ4v) is 11.4. The van der Waals surface area contributed by atoms with Gasteiger partial charge >= 0.3 is 0 Å². The second-order valence-electron chi connectivity index (χ2n) is 13.5. The van der Waals surface area contributed by atoms with Crippen LogP contribution in [0.15, 0.2) is 24.3 Å². The SMILES string of the molecule is CC1(C)[C@@H]2CC[C@@]1(CS(=O)(=O)N1CCC3(CCc4ccccc43)CC1)[C@@H](NC(=O)CC1CCCNC1)C2. The van der Waals surface area contributed by atoms with Crippen LogP contribution in [0, 0.1) is 22.7 Å².